The van der Waals surface area contributed by atoms with E-state index in [1.54, 1.807) is 0 Å². The minimum Gasteiger partial charge on any atom is -0.393 e. The average Bonchev–Trinajstić information content (AvgIpc) is 3.05. The Morgan fingerprint density at radius 1 is 0.600 bits per heavy atom. The number of aryl methyl sites for hydroxylation is 6. The normalized spacial score (nSPS) is 13.0. The maximum atomic E-state index is 4.70. The molecule has 0 aliphatic carbocycles. The molecular weight excluding hydrogens is 427 g/mol. The van der Waals surface area contributed by atoms with Crippen LogP contribution in [0.5, 0.6) is 0 Å². The van der Waals surface area contributed by atoms with Crippen LogP contribution in [-0.4, -0.2) is 31.0 Å². The summed E-state index contributed by atoms with van der Waals surface area (Å²) in [5.41, 5.74) is 15.7. The van der Waals surface area contributed by atoms with E-state index in [9.17, 15) is 0 Å². The fourth-order valence-corrected chi connectivity index (χ4v) is 5.52. The third kappa shape index (κ3) is 3.89. The SMILES string of the molecule is Cc1cc(C)c(B2N(C)c3ccc(-c4cc(-c5cc(C)c(C)cn5)ncc4C)cc3N2C)c(C)c1. The summed E-state index contributed by atoms with van der Waals surface area (Å²) in [5.74, 6) is 0. The summed E-state index contributed by atoms with van der Waals surface area (Å²) < 4.78 is 0. The van der Waals surface area contributed by atoms with E-state index in [2.05, 4.69) is 113 Å². The van der Waals surface area contributed by atoms with Crippen molar-refractivity contribution in [1.29, 1.82) is 0 Å². The highest BCUT2D eigenvalue weighted by Crippen LogP contribution is 2.40. The summed E-state index contributed by atoms with van der Waals surface area (Å²) in [5, 5.41) is 0. The number of anilines is 2. The van der Waals surface area contributed by atoms with Crippen molar-refractivity contribution >= 4 is 23.8 Å². The van der Waals surface area contributed by atoms with Gasteiger partial charge in [-0.15, -0.1) is 0 Å². The quantitative estimate of drug-likeness (QED) is 0.354. The molecule has 2 aromatic carbocycles. The van der Waals surface area contributed by atoms with E-state index in [0.29, 0.717) is 0 Å². The van der Waals surface area contributed by atoms with E-state index in [4.69, 9.17) is 4.98 Å². The van der Waals surface area contributed by atoms with Crippen molar-refractivity contribution in [1.82, 2.24) is 9.97 Å². The van der Waals surface area contributed by atoms with E-state index in [-0.39, 0.29) is 6.98 Å². The molecule has 35 heavy (non-hydrogen) atoms. The molecule has 0 radical (unpaired) electrons. The summed E-state index contributed by atoms with van der Waals surface area (Å²) in [4.78, 5) is 14.1. The Balaban J connectivity index is 1.57. The molecule has 5 rings (SSSR count). The van der Waals surface area contributed by atoms with Crippen molar-refractivity contribution in [3.05, 3.63) is 88.2 Å². The Labute approximate surface area is 209 Å². The lowest BCUT2D eigenvalue weighted by Gasteiger charge is -2.27. The van der Waals surface area contributed by atoms with Crippen molar-refractivity contribution in [3.8, 4) is 22.5 Å². The molecule has 0 bridgehead atoms. The Hall–Kier alpha value is -3.60. The first-order valence-corrected chi connectivity index (χ1v) is 12.2. The van der Waals surface area contributed by atoms with Gasteiger partial charge < -0.3 is 9.62 Å². The second-order valence-electron chi connectivity index (χ2n) is 10.1. The summed E-state index contributed by atoms with van der Waals surface area (Å²) in [7, 11) is 4.41. The van der Waals surface area contributed by atoms with Gasteiger partial charge >= 0.3 is 6.98 Å². The summed E-state index contributed by atoms with van der Waals surface area (Å²) in [6, 6.07) is 15.7. The largest absolute Gasteiger partial charge is 0.411 e. The van der Waals surface area contributed by atoms with Crippen LogP contribution in [0.2, 0.25) is 0 Å². The fourth-order valence-electron chi connectivity index (χ4n) is 5.52. The number of pyridine rings is 2. The summed E-state index contributed by atoms with van der Waals surface area (Å²) in [6.07, 6.45) is 3.90. The van der Waals surface area contributed by atoms with Gasteiger partial charge in [0.15, 0.2) is 0 Å². The highest BCUT2D eigenvalue weighted by atomic mass is 15.3. The molecule has 1 aliphatic heterocycles. The van der Waals surface area contributed by atoms with E-state index >= 15 is 0 Å². The van der Waals surface area contributed by atoms with Gasteiger partial charge in [0.25, 0.3) is 0 Å². The van der Waals surface area contributed by atoms with Gasteiger partial charge in [0, 0.05) is 23.8 Å². The van der Waals surface area contributed by atoms with Crippen LogP contribution in [0.15, 0.2) is 54.9 Å². The number of aromatic nitrogens is 2. The van der Waals surface area contributed by atoms with Gasteiger partial charge in [-0.1, -0.05) is 34.9 Å². The molecule has 0 saturated carbocycles. The van der Waals surface area contributed by atoms with Crippen LogP contribution >= 0.6 is 0 Å². The maximum absolute atomic E-state index is 4.70. The molecule has 0 spiro atoms. The zero-order valence-corrected chi connectivity index (χ0v) is 22.1. The Morgan fingerprint density at radius 2 is 1.20 bits per heavy atom. The number of hydrogen-bond acceptors (Lipinski definition) is 4. The standard InChI is InChI=1S/C30H33BN4/c1-18-11-20(3)30(21(4)12-18)31-34(7)28-10-9-24(14-29(28)35(31)8)25-15-27(33-17-23(25)6)26-13-19(2)22(5)16-32-26/h9-17H,1-8H3. The van der Waals surface area contributed by atoms with Crippen LogP contribution in [0.4, 0.5) is 11.4 Å². The van der Waals surface area contributed by atoms with Crippen LogP contribution < -0.4 is 15.1 Å². The third-order valence-corrected chi connectivity index (χ3v) is 7.51. The molecule has 1 aliphatic rings. The smallest absolute Gasteiger partial charge is 0.393 e. The van der Waals surface area contributed by atoms with Gasteiger partial charge in [0.2, 0.25) is 0 Å². The molecule has 0 N–H and O–H groups in total. The predicted octanol–water partition coefficient (Wildman–Crippen LogP) is 5.94. The molecule has 4 aromatic rings. The Morgan fingerprint density at radius 3 is 1.86 bits per heavy atom. The molecule has 0 saturated heterocycles. The molecule has 3 heterocycles. The molecule has 0 amide bonds. The first-order chi connectivity index (χ1) is 16.7. The van der Waals surface area contributed by atoms with Crippen molar-refractivity contribution in [3.63, 3.8) is 0 Å². The van der Waals surface area contributed by atoms with Crippen LogP contribution in [0.1, 0.15) is 33.4 Å². The molecule has 2 aromatic heterocycles. The lowest BCUT2D eigenvalue weighted by molar-refractivity contribution is 1.18. The van der Waals surface area contributed by atoms with Crippen LogP contribution in [-0.2, 0) is 0 Å². The molecule has 5 heteroatoms. The highest BCUT2D eigenvalue weighted by Gasteiger charge is 2.39. The van der Waals surface area contributed by atoms with Crippen LogP contribution in [0, 0.1) is 41.5 Å². The van der Waals surface area contributed by atoms with Crippen molar-refractivity contribution < 1.29 is 0 Å². The summed E-state index contributed by atoms with van der Waals surface area (Å²) >= 11 is 0. The number of benzene rings is 2. The zero-order chi connectivity index (χ0) is 25.0. The van der Waals surface area contributed by atoms with E-state index < -0.39 is 0 Å². The van der Waals surface area contributed by atoms with Crippen molar-refractivity contribution in [2.45, 2.75) is 41.5 Å². The highest BCUT2D eigenvalue weighted by molar-refractivity contribution is 6.82. The van der Waals surface area contributed by atoms with Crippen molar-refractivity contribution in [2.75, 3.05) is 23.7 Å². The molecule has 176 valence electrons. The Kier molecular flexibility index (Phi) is 5.67. The lowest BCUT2D eigenvalue weighted by atomic mass is 9.62. The molecule has 0 unspecified atom stereocenters. The fraction of sp³-hybridized carbons (Fsp3) is 0.267. The van der Waals surface area contributed by atoms with Gasteiger partial charge in [-0.25, -0.2) is 0 Å². The number of nitrogens with zero attached hydrogens (tertiary/aromatic N) is 4. The topological polar surface area (TPSA) is 32.3 Å². The van der Waals surface area contributed by atoms with E-state index in [1.807, 2.05) is 12.4 Å². The molecular formula is C30H33BN4. The second kappa shape index (κ2) is 8.56. The van der Waals surface area contributed by atoms with Gasteiger partial charge in [0.05, 0.1) is 11.4 Å². The predicted molar refractivity (Wildman–Crippen MR) is 150 cm³/mol. The van der Waals surface area contributed by atoms with E-state index in [1.165, 1.54) is 55.8 Å². The minimum absolute atomic E-state index is 0.176. The first kappa shape index (κ1) is 23.2. The lowest BCUT2D eigenvalue weighted by Crippen LogP contribution is -2.55. The van der Waals surface area contributed by atoms with Crippen LogP contribution in [0.25, 0.3) is 22.5 Å². The third-order valence-electron chi connectivity index (χ3n) is 7.51. The maximum Gasteiger partial charge on any atom is 0.411 e. The van der Waals surface area contributed by atoms with Gasteiger partial charge in [-0.2, -0.15) is 0 Å². The van der Waals surface area contributed by atoms with E-state index in [0.717, 1.165) is 17.0 Å². The number of hydrogen-bond donors (Lipinski definition) is 0. The second-order valence-corrected chi connectivity index (χ2v) is 10.1. The molecule has 0 fully saturated rings. The first-order valence-electron chi connectivity index (χ1n) is 12.2. The van der Waals surface area contributed by atoms with Gasteiger partial charge in [0.1, 0.15) is 0 Å². The van der Waals surface area contributed by atoms with Gasteiger partial charge in [-0.3, -0.25) is 9.97 Å². The van der Waals surface area contributed by atoms with Crippen LogP contribution in [0.3, 0.4) is 0 Å². The average molecular weight is 460 g/mol. The minimum atomic E-state index is 0.176. The zero-order valence-electron chi connectivity index (χ0n) is 22.1. The number of rotatable bonds is 3. The molecule has 0 atom stereocenters. The van der Waals surface area contributed by atoms with Crippen molar-refractivity contribution in [2.24, 2.45) is 0 Å². The monoisotopic (exact) mass is 460 g/mol. The van der Waals surface area contributed by atoms with Gasteiger partial charge in [-0.05, 0) is 113 Å². The number of fused-ring (bicyclic) bond motifs is 1. The Bertz CT molecular complexity index is 1440. The summed E-state index contributed by atoms with van der Waals surface area (Å²) in [6.45, 7) is 13.1. The molecule has 4 nitrogen and oxygen atoms in total.